The summed E-state index contributed by atoms with van der Waals surface area (Å²) in [6.07, 6.45) is 0. The smallest absolute Gasteiger partial charge is 0.255 e. The molecule has 0 aromatic heterocycles. The van der Waals surface area contributed by atoms with Gasteiger partial charge in [-0.2, -0.15) is 4.31 Å². The number of hydrogen-bond donors (Lipinski definition) is 1. The zero-order valence-electron chi connectivity index (χ0n) is 17.5. The first-order valence-corrected chi connectivity index (χ1v) is 11.0. The van der Waals surface area contributed by atoms with Crippen LogP contribution in [0.2, 0.25) is 5.02 Å². The van der Waals surface area contributed by atoms with Crippen LogP contribution in [-0.4, -0.2) is 53.0 Å². The predicted octanol–water partition coefficient (Wildman–Crippen LogP) is 3.65. The van der Waals surface area contributed by atoms with Crippen LogP contribution in [0, 0.1) is 0 Å². The Bertz CT molecular complexity index is 1020. The normalized spacial score (nSPS) is 11.3. The summed E-state index contributed by atoms with van der Waals surface area (Å²) in [6.45, 7) is 4.06. The lowest BCUT2D eigenvalue weighted by Gasteiger charge is -2.20. The highest BCUT2D eigenvalue weighted by molar-refractivity contribution is 7.89. The highest BCUT2D eigenvalue weighted by Gasteiger charge is 2.27. The second kappa shape index (κ2) is 10.0. The van der Waals surface area contributed by atoms with Gasteiger partial charge in [-0.1, -0.05) is 25.4 Å². The summed E-state index contributed by atoms with van der Waals surface area (Å²) < 4.78 is 42.9. The molecule has 2 rings (SSSR count). The van der Waals surface area contributed by atoms with Gasteiger partial charge in [0.2, 0.25) is 10.0 Å². The zero-order chi connectivity index (χ0) is 22.5. The number of anilines is 1. The van der Waals surface area contributed by atoms with Crippen molar-refractivity contribution in [2.45, 2.75) is 18.7 Å². The van der Waals surface area contributed by atoms with Gasteiger partial charge < -0.3 is 19.5 Å². The molecule has 2 aromatic rings. The molecule has 0 spiro atoms. The Labute approximate surface area is 181 Å². The molecular formula is C20H25ClN2O6S. The molecule has 8 nitrogen and oxygen atoms in total. The topological polar surface area (TPSA) is 94.2 Å². The average molecular weight is 457 g/mol. The first-order chi connectivity index (χ1) is 14.2. The van der Waals surface area contributed by atoms with Crippen molar-refractivity contribution in [2.24, 2.45) is 0 Å². The summed E-state index contributed by atoms with van der Waals surface area (Å²) in [6, 6.07) is 7.26. The van der Waals surface area contributed by atoms with E-state index in [9.17, 15) is 13.2 Å². The third-order valence-electron chi connectivity index (χ3n) is 4.47. The number of benzene rings is 2. The number of amides is 1. The van der Waals surface area contributed by atoms with Gasteiger partial charge in [0, 0.05) is 30.8 Å². The number of rotatable bonds is 9. The fraction of sp³-hybridized carbons (Fsp3) is 0.350. The van der Waals surface area contributed by atoms with Gasteiger partial charge in [-0.15, -0.1) is 0 Å². The van der Waals surface area contributed by atoms with Crippen molar-refractivity contribution in [3.63, 3.8) is 0 Å². The second-order valence-corrected chi connectivity index (χ2v) is 8.41. The van der Waals surface area contributed by atoms with E-state index in [4.69, 9.17) is 25.8 Å². The maximum atomic E-state index is 13.0. The van der Waals surface area contributed by atoms with E-state index in [1.807, 2.05) is 0 Å². The number of halogens is 1. The number of sulfonamides is 1. The van der Waals surface area contributed by atoms with Crippen LogP contribution in [0.25, 0.3) is 0 Å². The van der Waals surface area contributed by atoms with E-state index < -0.39 is 15.9 Å². The monoisotopic (exact) mass is 456 g/mol. The van der Waals surface area contributed by atoms with Crippen LogP contribution in [-0.2, 0) is 10.0 Å². The first kappa shape index (κ1) is 23.8. The van der Waals surface area contributed by atoms with E-state index in [1.165, 1.54) is 56.0 Å². The molecule has 164 valence electrons. The van der Waals surface area contributed by atoms with Crippen LogP contribution in [0.4, 0.5) is 5.69 Å². The molecule has 0 aliphatic rings. The van der Waals surface area contributed by atoms with Crippen LogP contribution in [0.15, 0.2) is 35.2 Å². The minimum atomic E-state index is -3.84. The van der Waals surface area contributed by atoms with E-state index in [2.05, 4.69) is 5.32 Å². The zero-order valence-corrected chi connectivity index (χ0v) is 19.1. The average Bonchev–Trinajstić information content (AvgIpc) is 2.74. The Morgan fingerprint density at radius 1 is 0.967 bits per heavy atom. The highest BCUT2D eigenvalue weighted by Crippen LogP contribution is 2.36. The van der Waals surface area contributed by atoms with Crippen molar-refractivity contribution >= 4 is 33.2 Å². The minimum absolute atomic E-state index is 0.0815. The molecule has 0 atom stereocenters. The molecule has 10 heteroatoms. The van der Waals surface area contributed by atoms with Gasteiger partial charge in [0.25, 0.3) is 5.91 Å². The summed E-state index contributed by atoms with van der Waals surface area (Å²) in [5.41, 5.74) is 0.463. The predicted molar refractivity (Wildman–Crippen MR) is 116 cm³/mol. The fourth-order valence-electron chi connectivity index (χ4n) is 2.87. The molecular weight excluding hydrogens is 432 g/mol. The van der Waals surface area contributed by atoms with E-state index in [0.717, 1.165) is 0 Å². The van der Waals surface area contributed by atoms with Gasteiger partial charge >= 0.3 is 0 Å². The van der Waals surface area contributed by atoms with Crippen LogP contribution in [0.5, 0.6) is 17.2 Å². The third kappa shape index (κ3) is 4.80. The highest BCUT2D eigenvalue weighted by atomic mass is 35.5. The quantitative estimate of drug-likeness (QED) is 0.619. The summed E-state index contributed by atoms with van der Waals surface area (Å²) in [5, 5.41) is 3.02. The molecule has 0 bridgehead atoms. The molecule has 0 saturated heterocycles. The number of hydrogen-bond acceptors (Lipinski definition) is 6. The maximum Gasteiger partial charge on any atom is 0.255 e. The Morgan fingerprint density at radius 2 is 1.57 bits per heavy atom. The van der Waals surface area contributed by atoms with E-state index in [0.29, 0.717) is 35.3 Å². The fourth-order valence-corrected chi connectivity index (χ4v) is 4.75. The Hall–Kier alpha value is -2.49. The lowest BCUT2D eigenvalue weighted by molar-refractivity contribution is 0.102. The molecule has 0 heterocycles. The lowest BCUT2D eigenvalue weighted by Crippen LogP contribution is -2.31. The Morgan fingerprint density at radius 3 is 2.10 bits per heavy atom. The maximum absolute atomic E-state index is 13.0. The Kier molecular flexibility index (Phi) is 7.94. The summed E-state index contributed by atoms with van der Waals surface area (Å²) in [7, 11) is 0.432. The van der Waals surface area contributed by atoms with Gasteiger partial charge in [0.15, 0.2) is 0 Å². The van der Waals surface area contributed by atoms with Crippen LogP contribution >= 0.6 is 11.6 Å². The van der Waals surface area contributed by atoms with Gasteiger partial charge in [0.05, 0.1) is 32.0 Å². The molecule has 0 radical (unpaired) electrons. The number of carbonyl (C=O) groups is 1. The Balaban J connectivity index is 2.47. The number of nitrogens with one attached hydrogen (secondary N) is 1. The van der Waals surface area contributed by atoms with Crippen molar-refractivity contribution in [1.29, 1.82) is 0 Å². The van der Waals surface area contributed by atoms with E-state index in [1.54, 1.807) is 13.8 Å². The van der Waals surface area contributed by atoms with Crippen molar-refractivity contribution < 1.29 is 27.4 Å². The van der Waals surface area contributed by atoms with Crippen LogP contribution < -0.4 is 19.5 Å². The molecule has 0 saturated carbocycles. The van der Waals surface area contributed by atoms with Crippen molar-refractivity contribution in [1.82, 2.24) is 4.31 Å². The molecule has 0 fully saturated rings. The second-order valence-electron chi connectivity index (χ2n) is 6.10. The molecule has 1 amide bonds. The first-order valence-electron chi connectivity index (χ1n) is 9.14. The molecule has 1 N–H and O–H groups in total. The largest absolute Gasteiger partial charge is 0.495 e. The summed E-state index contributed by atoms with van der Waals surface area (Å²) in [4.78, 5) is 12.8. The standard InChI is InChI=1S/C20H25ClN2O6S/c1-6-23(7-2)30(25,26)19-10-13(8-9-16(19)27-3)20(24)22-15-12-17(28-4)14(21)11-18(15)29-5/h8-12H,6-7H2,1-5H3,(H,22,24). The molecule has 30 heavy (non-hydrogen) atoms. The van der Waals surface area contributed by atoms with Gasteiger partial charge in [-0.05, 0) is 18.2 Å². The van der Waals surface area contributed by atoms with Gasteiger partial charge in [-0.3, -0.25) is 4.79 Å². The molecule has 0 unspecified atom stereocenters. The van der Waals surface area contributed by atoms with Crippen molar-refractivity contribution in [3.8, 4) is 17.2 Å². The number of ether oxygens (including phenoxy) is 3. The molecule has 0 aliphatic heterocycles. The summed E-state index contributed by atoms with van der Waals surface area (Å²) in [5.74, 6) is 0.312. The van der Waals surface area contributed by atoms with Crippen LogP contribution in [0.3, 0.4) is 0 Å². The van der Waals surface area contributed by atoms with Gasteiger partial charge in [-0.25, -0.2) is 8.42 Å². The lowest BCUT2D eigenvalue weighted by atomic mass is 10.2. The van der Waals surface area contributed by atoms with Crippen LogP contribution in [0.1, 0.15) is 24.2 Å². The molecule has 0 aliphatic carbocycles. The van der Waals surface area contributed by atoms with E-state index >= 15 is 0 Å². The van der Waals surface area contributed by atoms with Gasteiger partial charge in [0.1, 0.15) is 22.1 Å². The SMILES string of the molecule is CCN(CC)S(=O)(=O)c1cc(C(=O)Nc2cc(OC)c(Cl)cc2OC)ccc1OC. The van der Waals surface area contributed by atoms with Crippen molar-refractivity contribution in [2.75, 3.05) is 39.7 Å². The summed E-state index contributed by atoms with van der Waals surface area (Å²) >= 11 is 6.09. The third-order valence-corrected chi connectivity index (χ3v) is 6.84. The minimum Gasteiger partial charge on any atom is -0.495 e. The number of carbonyl (C=O) groups excluding carboxylic acids is 1. The van der Waals surface area contributed by atoms with E-state index in [-0.39, 0.29) is 16.2 Å². The number of nitrogens with zero attached hydrogens (tertiary/aromatic N) is 1. The number of methoxy groups -OCH3 is 3. The van der Waals surface area contributed by atoms with Crippen molar-refractivity contribution in [3.05, 3.63) is 40.9 Å². The molecule has 2 aromatic carbocycles.